The van der Waals surface area contributed by atoms with E-state index in [2.05, 4.69) is 5.32 Å². The molecule has 0 spiro atoms. The van der Waals surface area contributed by atoms with E-state index < -0.39 is 0 Å². The van der Waals surface area contributed by atoms with Crippen molar-refractivity contribution < 1.29 is 14.6 Å². The fourth-order valence-corrected chi connectivity index (χ4v) is 3.18. The molecule has 0 aliphatic heterocycles. The molecule has 0 heterocycles. The van der Waals surface area contributed by atoms with Crippen LogP contribution < -0.4 is 10.1 Å². The van der Waals surface area contributed by atoms with Gasteiger partial charge in [0.25, 0.3) is 0 Å². The van der Waals surface area contributed by atoms with Crippen molar-refractivity contribution in [2.45, 2.75) is 51.6 Å². The van der Waals surface area contributed by atoms with E-state index in [9.17, 15) is 4.79 Å². The van der Waals surface area contributed by atoms with Crippen molar-refractivity contribution in [1.29, 1.82) is 0 Å². The first kappa shape index (κ1) is 17.6. The largest absolute Gasteiger partial charge is 0.491 e. The Kier molecular flexibility index (Phi) is 7.20. The van der Waals surface area contributed by atoms with Crippen molar-refractivity contribution in [3.63, 3.8) is 0 Å². The predicted octanol–water partition coefficient (Wildman–Crippen LogP) is 2.92. The Bertz CT molecular complexity index is 487. The minimum atomic E-state index is -0.0218. The van der Waals surface area contributed by atoms with E-state index >= 15 is 0 Å². The van der Waals surface area contributed by atoms with Crippen molar-refractivity contribution in [3.8, 4) is 5.75 Å². The van der Waals surface area contributed by atoms with Gasteiger partial charge in [0.2, 0.25) is 0 Å². The molecule has 5 heteroatoms. The molecule has 1 aliphatic rings. The maximum atomic E-state index is 12.5. The first-order valence-electron chi connectivity index (χ1n) is 8.62. The molecule has 5 nitrogen and oxygen atoms in total. The summed E-state index contributed by atoms with van der Waals surface area (Å²) in [7, 11) is 0. The van der Waals surface area contributed by atoms with E-state index in [0.717, 1.165) is 24.9 Å². The fourth-order valence-electron chi connectivity index (χ4n) is 3.18. The van der Waals surface area contributed by atoms with E-state index in [1.807, 2.05) is 36.1 Å². The highest BCUT2D eigenvalue weighted by Crippen LogP contribution is 2.23. The van der Waals surface area contributed by atoms with Gasteiger partial charge in [-0.1, -0.05) is 37.5 Å². The average Bonchev–Trinajstić information content (AvgIpc) is 2.60. The fraction of sp³-hybridized carbons (Fsp3) is 0.611. The quantitative estimate of drug-likeness (QED) is 0.812. The van der Waals surface area contributed by atoms with Gasteiger partial charge in [0, 0.05) is 24.7 Å². The van der Waals surface area contributed by atoms with Gasteiger partial charge >= 0.3 is 6.03 Å². The number of urea groups is 1. The van der Waals surface area contributed by atoms with Crippen LogP contribution in [0.5, 0.6) is 5.75 Å². The van der Waals surface area contributed by atoms with Gasteiger partial charge in [-0.2, -0.15) is 0 Å². The molecule has 1 aromatic carbocycles. The van der Waals surface area contributed by atoms with Crippen LogP contribution in [0.4, 0.5) is 4.79 Å². The number of para-hydroxylation sites is 1. The van der Waals surface area contributed by atoms with Gasteiger partial charge in [-0.3, -0.25) is 0 Å². The second kappa shape index (κ2) is 9.40. The number of benzene rings is 1. The summed E-state index contributed by atoms with van der Waals surface area (Å²) in [6.45, 7) is 3.44. The number of amides is 2. The molecule has 2 amide bonds. The Hall–Kier alpha value is -1.75. The van der Waals surface area contributed by atoms with Crippen molar-refractivity contribution >= 4 is 6.03 Å². The van der Waals surface area contributed by atoms with Crippen molar-refractivity contribution in [2.24, 2.45) is 0 Å². The first-order valence-corrected chi connectivity index (χ1v) is 8.62. The van der Waals surface area contributed by atoms with E-state index in [-0.39, 0.29) is 19.2 Å². The molecule has 1 aromatic rings. The van der Waals surface area contributed by atoms with Gasteiger partial charge in [-0.15, -0.1) is 0 Å². The van der Waals surface area contributed by atoms with Crippen LogP contribution in [0.2, 0.25) is 0 Å². The van der Waals surface area contributed by atoms with E-state index in [1.165, 1.54) is 19.3 Å². The first-order chi connectivity index (χ1) is 11.3. The number of aliphatic hydroxyl groups is 1. The molecule has 2 rings (SSSR count). The minimum absolute atomic E-state index is 0.00337. The van der Waals surface area contributed by atoms with Gasteiger partial charge in [-0.05, 0) is 25.8 Å². The average molecular weight is 320 g/mol. The molecule has 23 heavy (non-hydrogen) atoms. The molecule has 1 fully saturated rings. The number of nitrogens with one attached hydrogen (secondary N) is 1. The number of rotatable bonds is 7. The lowest BCUT2D eigenvalue weighted by atomic mass is 9.94. The van der Waals surface area contributed by atoms with Crippen LogP contribution in [0.25, 0.3) is 0 Å². The Morgan fingerprint density at radius 1 is 1.30 bits per heavy atom. The molecule has 1 aliphatic carbocycles. The number of nitrogens with zero attached hydrogens (tertiary/aromatic N) is 1. The number of aliphatic hydroxyl groups excluding tert-OH is 1. The summed E-state index contributed by atoms with van der Waals surface area (Å²) >= 11 is 0. The maximum Gasteiger partial charge on any atom is 0.317 e. The molecule has 0 bridgehead atoms. The van der Waals surface area contributed by atoms with Gasteiger partial charge in [0.05, 0.1) is 6.61 Å². The number of ether oxygens (including phenoxy) is 1. The highest BCUT2D eigenvalue weighted by molar-refractivity contribution is 5.74. The summed E-state index contributed by atoms with van der Waals surface area (Å²) in [6.07, 6.45) is 5.93. The summed E-state index contributed by atoms with van der Waals surface area (Å²) < 4.78 is 5.51. The Morgan fingerprint density at radius 3 is 2.74 bits per heavy atom. The molecule has 128 valence electrons. The molecule has 0 unspecified atom stereocenters. The monoisotopic (exact) mass is 320 g/mol. The number of hydrogen-bond donors (Lipinski definition) is 2. The normalized spacial score (nSPS) is 15.2. The standard InChI is InChI=1S/C18H28N2O3/c1-2-20(16-9-4-3-5-10-16)18(22)19-14-15-8-6-7-11-17(15)23-13-12-21/h6-8,11,16,21H,2-5,9-10,12-14H2,1H3,(H,19,22). The zero-order valence-electron chi connectivity index (χ0n) is 14.0. The third-order valence-electron chi connectivity index (χ3n) is 4.37. The predicted molar refractivity (Wildman–Crippen MR) is 90.5 cm³/mol. The molecule has 0 radical (unpaired) electrons. The SMILES string of the molecule is CCN(C(=O)NCc1ccccc1OCCO)C1CCCCC1. The Labute approximate surface area is 138 Å². The third-order valence-corrected chi connectivity index (χ3v) is 4.37. The molecule has 0 saturated heterocycles. The minimum Gasteiger partial charge on any atom is -0.491 e. The zero-order chi connectivity index (χ0) is 16.5. The lowest BCUT2D eigenvalue weighted by molar-refractivity contribution is 0.159. The number of carbonyl (C=O) groups is 1. The van der Waals surface area contributed by atoms with E-state index in [0.29, 0.717) is 18.3 Å². The Morgan fingerprint density at radius 2 is 2.04 bits per heavy atom. The molecule has 1 saturated carbocycles. The summed E-state index contributed by atoms with van der Waals surface area (Å²) in [5.74, 6) is 0.711. The van der Waals surface area contributed by atoms with Gasteiger partial charge in [-0.25, -0.2) is 4.79 Å². The van der Waals surface area contributed by atoms with E-state index in [1.54, 1.807) is 0 Å². The van der Waals surface area contributed by atoms with E-state index in [4.69, 9.17) is 9.84 Å². The van der Waals surface area contributed by atoms with Gasteiger partial charge in [0.1, 0.15) is 12.4 Å². The lowest BCUT2D eigenvalue weighted by Crippen LogP contribution is -2.46. The number of carbonyl (C=O) groups excluding carboxylic acids is 1. The molecule has 0 atom stereocenters. The van der Waals surface area contributed by atoms with Crippen LogP contribution in [-0.4, -0.2) is 41.8 Å². The molecule has 2 N–H and O–H groups in total. The summed E-state index contributed by atoms with van der Waals surface area (Å²) in [5.41, 5.74) is 0.925. The van der Waals surface area contributed by atoms with Crippen LogP contribution in [0, 0.1) is 0 Å². The van der Waals surface area contributed by atoms with Crippen molar-refractivity contribution in [2.75, 3.05) is 19.8 Å². The highest BCUT2D eigenvalue weighted by atomic mass is 16.5. The summed E-state index contributed by atoms with van der Waals surface area (Å²) in [5, 5.41) is 11.9. The third kappa shape index (κ3) is 5.13. The lowest BCUT2D eigenvalue weighted by Gasteiger charge is -2.33. The van der Waals surface area contributed by atoms with Crippen LogP contribution in [0.3, 0.4) is 0 Å². The molecule has 0 aromatic heterocycles. The zero-order valence-corrected chi connectivity index (χ0v) is 14.0. The highest BCUT2D eigenvalue weighted by Gasteiger charge is 2.23. The topological polar surface area (TPSA) is 61.8 Å². The van der Waals surface area contributed by atoms with Crippen LogP contribution in [-0.2, 0) is 6.54 Å². The van der Waals surface area contributed by atoms with Crippen LogP contribution in [0.15, 0.2) is 24.3 Å². The molecular weight excluding hydrogens is 292 g/mol. The van der Waals surface area contributed by atoms with Crippen LogP contribution >= 0.6 is 0 Å². The van der Waals surface area contributed by atoms with Gasteiger partial charge in [0.15, 0.2) is 0 Å². The summed E-state index contributed by atoms with van der Waals surface area (Å²) in [6, 6.07) is 7.97. The number of hydrogen-bond acceptors (Lipinski definition) is 3. The van der Waals surface area contributed by atoms with Gasteiger partial charge < -0.3 is 20.1 Å². The smallest absolute Gasteiger partial charge is 0.317 e. The molecular formula is C18H28N2O3. The summed E-state index contributed by atoms with van der Waals surface area (Å²) in [4.78, 5) is 14.5. The Balaban J connectivity index is 1.92. The second-order valence-electron chi connectivity index (χ2n) is 5.92. The van der Waals surface area contributed by atoms with Crippen LogP contribution in [0.1, 0.15) is 44.6 Å². The maximum absolute atomic E-state index is 12.5. The second-order valence-corrected chi connectivity index (χ2v) is 5.92. The van der Waals surface area contributed by atoms with Crippen molar-refractivity contribution in [3.05, 3.63) is 29.8 Å². The van der Waals surface area contributed by atoms with Crippen molar-refractivity contribution in [1.82, 2.24) is 10.2 Å².